The van der Waals surface area contributed by atoms with E-state index in [1.165, 1.54) is 0 Å². The molecule has 0 unspecified atom stereocenters. The van der Waals surface area contributed by atoms with Crippen LogP contribution in [0.1, 0.15) is 30.8 Å². The monoisotopic (exact) mass is 272 g/mol. The van der Waals surface area contributed by atoms with Crippen LogP contribution in [0.3, 0.4) is 0 Å². The number of nitrogen functional groups attached to an aromatic ring is 1. The maximum Gasteiger partial charge on any atom is 0.280 e. The molecule has 1 amide bonds. The lowest BCUT2D eigenvalue weighted by Gasteiger charge is -2.20. The predicted molar refractivity (Wildman–Crippen MR) is 80.7 cm³/mol. The Balaban J connectivity index is 2.29. The van der Waals surface area contributed by atoms with Gasteiger partial charge in [-0.25, -0.2) is 0 Å². The van der Waals surface area contributed by atoms with Gasteiger partial charge in [-0.3, -0.25) is 9.48 Å². The quantitative estimate of drug-likeness (QED) is 0.909. The van der Waals surface area contributed by atoms with Crippen molar-refractivity contribution in [2.45, 2.75) is 26.8 Å². The van der Waals surface area contributed by atoms with Gasteiger partial charge in [-0.05, 0) is 25.5 Å². The molecule has 2 N–H and O–H groups in total. The Morgan fingerprint density at radius 2 is 2.00 bits per heavy atom. The van der Waals surface area contributed by atoms with Gasteiger partial charge in [-0.1, -0.05) is 25.1 Å². The summed E-state index contributed by atoms with van der Waals surface area (Å²) in [5.41, 5.74) is 7.52. The van der Waals surface area contributed by atoms with Crippen molar-refractivity contribution in [1.82, 2.24) is 9.78 Å². The number of benzene rings is 1. The number of para-hydroxylation sites is 1. The van der Waals surface area contributed by atoms with Crippen molar-refractivity contribution in [3.8, 4) is 0 Å². The fourth-order valence-electron chi connectivity index (χ4n) is 2.13. The van der Waals surface area contributed by atoms with E-state index in [9.17, 15) is 4.79 Å². The minimum absolute atomic E-state index is 0.161. The molecule has 20 heavy (non-hydrogen) atoms. The number of carbonyl (C=O) groups excluding carboxylic acids is 1. The van der Waals surface area contributed by atoms with E-state index < -0.39 is 0 Å². The maximum atomic E-state index is 12.6. The van der Waals surface area contributed by atoms with Crippen LogP contribution >= 0.6 is 0 Å². The summed E-state index contributed by atoms with van der Waals surface area (Å²) in [4.78, 5) is 14.3. The van der Waals surface area contributed by atoms with Gasteiger partial charge in [0.1, 0.15) is 0 Å². The molecule has 0 spiro atoms. The third-order valence-electron chi connectivity index (χ3n) is 3.07. The van der Waals surface area contributed by atoms with Crippen molar-refractivity contribution in [3.63, 3.8) is 0 Å². The number of aromatic nitrogens is 2. The first-order chi connectivity index (χ1) is 9.67. The third kappa shape index (κ3) is 2.82. The van der Waals surface area contributed by atoms with Gasteiger partial charge in [0.25, 0.3) is 5.91 Å². The molecular weight excluding hydrogens is 252 g/mol. The van der Waals surface area contributed by atoms with Crippen LogP contribution in [-0.4, -0.2) is 22.2 Å². The average molecular weight is 272 g/mol. The lowest BCUT2D eigenvalue weighted by Crippen LogP contribution is -2.31. The molecule has 2 aromatic rings. The zero-order chi connectivity index (χ0) is 14.5. The largest absolute Gasteiger partial charge is 0.396 e. The second-order valence-corrected chi connectivity index (χ2v) is 4.58. The molecule has 0 radical (unpaired) electrons. The van der Waals surface area contributed by atoms with Gasteiger partial charge >= 0.3 is 0 Å². The molecule has 1 aromatic carbocycles. The van der Waals surface area contributed by atoms with Crippen LogP contribution in [0.4, 0.5) is 11.4 Å². The topological polar surface area (TPSA) is 64.2 Å². The molecule has 0 aliphatic heterocycles. The number of hydrogen-bond donors (Lipinski definition) is 1. The van der Waals surface area contributed by atoms with E-state index in [4.69, 9.17) is 5.73 Å². The predicted octanol–water partition coefficient (Wildman–Crippen LogP) is 2.54. The Labute approximate surface area is 119 Å². The molecule has 5 heteroatoms. The van der Waals surface area contributed by atoms with Gasteiger partial charge in [0.05, 0.1) is 5.69 Å². The summed E-state index contributed by atoms with van der Waals surface area (Å²) >= 11 is 0. The highest BCUT2D eigenvalue weighted by Crippen LogP contribution is 2.19. The van der Waals surface area contributed by atoms with E-state index >= 15 is 0 Å². The molecule has 5 nitrogen and oxygen atoms in total. The zero-order valence-electron chi connectivity index (χ0n) is 11.9. The molecule has 2 rings (SSSR count). The summed E-state index contributed by atoms with van der Waals surface area (Å²) in [6, 6.07) is 9.54. The zero-order valence-corrected chi connectivity index (χ0v) is 11.9. The molecule has 0 saturated heterocycles. The fourth-order valence-corrected chi connectivity index (χ4v) is 2.13. The summed E-state index contributed by atoms with van der Waals surface area (Å²) in [6.07, 6.45) is 2.67. The van der Waals surface area contributed by atoms with Crippen LogP contribution in [0.25, 0.3) is 0 Å². The van der Waals surface area contributed by atoms with Crippen molar-refractivity contribution in [1.29, 1.82) is 0 Å². The Morgan fingerprint density at radius 3 is 2.60 bits per heavy atom. The molecule has 0 aliphatic rings. The van der Waals surface area contributed by atoms with E-state index in [-0.39, 0.29) is 5.91 Å². The highest BCUT2D eigenvalue weighted by atomic mass is 16.2. The van der Waals surface area contributed by atoms with Gasteiger partial charge in [0.15, 0.2) is 5.69 Å². The first kappa shape index (κ1) is 14.1. The van der Waals surface area contributed by atoms with Crippen LogP contribution in [0.15, 0.2) is 36.5 Å². The van der Waals surface area contributed by atoms with Gasteiger partial charge < -0.3 is 10.6 Å². The molecule has 0 bridgehead atoms. The lowest BCUT2D eigenvalue weighted by molar-refractivity contribution is 0.0983. The SMILES string of the molecule is CCCn1cc(N)c(C(=O)N(CC)c2ccccc2)n1. The number of aryl methyl sites for hydroxylation is 1. The molecule has 0 atom stereocenters. The van der Waals surface area contributed by atoms with Crippen LogP contribution in [-0.2, 0) is 6.54 Å². The van der Waals surface area contributed by atoms with Gasteiger partial charge in [-0.2, -0.15) is 5.10 Å². The summed E-state index contributed by atoms with van der Waals surface area (Å²) in [7, 11) is 0. The fraction of sp³-hybridized carbons (Fsp3) is 0.333. The summed E-state index contributed by atoms with van der Waals surface area (Å²) < 4.78 is 1.72. The number of anilines is 2. The van der Waals surface area contributed by atoms with E-state index in [1.807, 2.05) is 37.3 Å². The van der Waals surface area contributed by atoms with Crippen LogP contribution in [0, 0.1) is 0 Å². The van der Waals surface area contributed by atoms with Gasteiger partial charge in [0.2, 0.25) is 0 Å². The number of amides is 1. The standard InChI is InChI=1S/C15H20N4O/c1-3-10-18-11-13(16)14(17-18)15(20)19(4-2)12-8-6-5-7-9-12/h5-9,11H,3-4,10,16H2,1-2H3. The van der Waals surface area contributed by atoms with Crippen LogP contribution < -0.4 is 10.6 Å². The van der Waals surface area contributed by atoms with Gasteiger partial charge in [0, 0.05) is 25.0 Å². The van der Waals surface area contributed by atoms with Crippen LogP contribution in [0.5, 0.6) is 0 Å². The Morgan fingerprint density at radius 1 is 1.30 bits per heavy atom. The second kappa shape index (κ2) is 6.23. The van der Waals surface area contributed by atoms with Crippen molar-refractivity contribution in [2.24, 2.45) is 0 Å². The number of nitrogens with two attached hydrogens (primary N) is 1. The van der Waals surface area contributed by atoms with E-state index in [1.54, 1.807) is 15.8 Å². The van der Waals surface area contributed by atoms with E-state index in [2.05, 4.69) is 12.0 Å². The normalized spacial score (nSPS) is 10.5. The number of nitrogens with zero attached hydrogens (tertiary/aromatic N) is 3. The molecule has 106 valence electrons. The highest BCUT2D eigenvalue weighted by Gasteiger charge is 2.21. The first-order valence-electron chi connectivity index (χ1n) is 6.87. The van der Waals surface area contributed by atoms with Gasteiger partial charge in [-0.15, -0.1) is 0 Å². The van der Waals surface area contributed by atoms with Crippen molar-refractivity contribution in [3.05, 3.63) is 42.2 Å². The summed E-state index contributed by atoms with van der Waals surface area (Å²) in [5, 5.41) is 4.29. The molecule has 0 aliphatic carbocycles. The third-order valence-corrected chi connectivity index (χ3v) is 3.07. The first-order valence-corrected chi connectivity index (χ1v) is 6.87. The molecule has 1 heterocycles. The lowest BCUT2D eigenvalue weighted by atomic mass is 10.2. The number of rotatable bonds is 5. The number of carbonyl (C=O) groups is 1. The Hall–Kier alpha value is -2.30. The van der Waals surface area contributed by atoms with E-state index in [0.717, 1.165) is 18.7 Å². The number of hydrogen-bond acceptors (Lipinski definition) is 3. The summed E-state index contributed by atoms with van der Waals surface area (Å²) in [5.74, 6) is -0.161. The van der Waals surface area contributed by atoms with Crippen molar-refractivity contribution >= 4 is 17.3 Å². The smallest absolute Gasteiger partial charge is 0.280 e. The molecule has 0 fully saturated rings. The Kier molecular flexibility index (Phi) is 4.40. The van der Waals surface area contributed by atoms with Crippen molar-refractivity contribution in [2.75, 3.05) is 17.2 Å². The van der Waals surface area contributed by atoms with E-state index in [0.29, 0.717) is 17.9 Å². The molecular formula is C15H20N4O. The highest BCUT2D eigenvalue weighted by molar-refractivity contribution is 6.07. The van der Waals surface area contributed by atoms with Crippen molar-refractivity contribution < 1.29 is 4.79 Å². The minimum atomic E-state index is -0.161. The summed E-state index contributed by atoms with van der Waals surface area (Å²) in [6.45, 7) is 5.32. The second-order valence-electron chi connectivity index (χ2n) is 4.58. The average Bonchev–Trinajstić information content (AvgIpc) is 2.82. The Bertz CT molecular complexity index is 577. The molecule has 1 aromatic heterocycles. The van der Waals surface area contributed by atoms with Crippen LogP contribution in [0.2, 0.25) is 0 Å². The minimum Gasteiger partial charge on any atom is -0.396 e. The maximum absolute atomic E-state index is 12.6. The molecule has 0 saturated carbocycles.